The molecular formula is C17H15BrClNO4. The van der Waals surface area contributed by atoms with E-state index in [-0.39, 0.29) is 12.5 Å². The van der Waals surface area contributed by atoms with Gasteiger partial charge in [0.25, 0.3) is 5.91 Å². The van der Waals surface area contributed by atoms with Crippen LogP contribution < -0.4 is 19.5 Å². The van der Waals surface area contributed by atoms with Crippen molar-refractivity contribution in [2.24, 2.45) is 0 Å². The largest absolute Gasteiger partial charge is 0.491 e. The number of amides is 1. The maximum atomic E-state index is 12.5. The molecule has 2 aromatic carbocycles. The van der Waals surface area contributed by atoms with E-state index in [0.717, 1.165) is 0 Å². The van der Waals surface area contributed by atoms with Gasteiger partial charge in [-0.1, -0.05) is 23.7 Å². The molecule has 5 nitrogen and oxygen atoms in total. The molecule has 2 aromatic rings. The van der Waals surface area contributed by atoms with Gasteiger partial charge in [0.1, 0.15) is 6.61 Å². The number of rotatable bonds is 4. The summed E-state index contributed by atoms with van der Waals surface area (Å²) in [6.45, 7) is 2.45. The Bertz CT molecular complexity index is 768. The van der Waals surface area contributed by atoms with Crippen molar-refractivity contribution in [2.45, 2.75) is 13.0 Å². The summed E-state index contributed by atoms with van der Waals surface area (Å²) >= 11 is 9.46. The van der Waals surface area contributed by atoms with Crippen molar-refractivity contribution in [3.63, 3.8) is 0 Å². The fourth-order valence-corrected chi connectivity index (χ4v) is 3.23. The molecule has 0 unspecified atom stereocenters. The summed E-state index contributed by atoms with van der Waals surface area (Å²) in [4.78, 5) is 12.5. The Morgan fingerprint density at radius 1 is 1.38 bits per heavy atom. The zero-order valence-corrected chi connectivity index (χ0v) is 15.2. The van der Waals surface area contributed by atoms with Crippen LogP contribution >= 0.6 is 27.5 Å². The van der Waals surface area contributed by atoms with Crippen molar-refractivity contribution in [3.05, 3.63) is 45.9 Å². The van der Waals surface area contributed by atoms with E-state index >= 15 is 0 Å². The zero-order chi connectivity index (χ0) is 17.1. The summed E-state index contributed by atoms with van der Waals surface area (Å²) in [7, 11) is 0. The second-order valence-corrected chi connectivity index (χ2v) is 6.34. The molecule has 0 saturated heterocycles. The van der Waals surface area contributed by atoms with Gasteiger partial charge in [-0.2, -0.15) is 0 Å². The van der Waals surface area contributed by atoms with Crippen molar-refractivity contribution in [1.82, 2.24) is 0 Å². The molecular weight excluding hydrogens is 398 g/mol. The molecule has 126 valence electrons. The van der Waals surface area contributed by atoms with E-state index in [0.29, 0.717) is 39.0 Å². The number of anilines is 1. The van der Waals surface area contributed by atoms with E-state index in [1.54, 1.807) is 24.3 Å². The predicted octanol–water partition coefficient (Wildman–Crippen LogP) is 4.28. The first-order valence-corrected chi connectivity index (χ1v) is 8.56. The van der Waals surface area contributed by atoms with Crippen LogP contribution in [0.5, 0.6) is 17.2 Å². The summed E-state index contributed by atoms with van der Waals surface area (Å²) in [5.74, 6) is 1.36. The highest BCUT2D eigenvalue weighted by molar-refractivity contribution is 9.10. The van der Waals surface area contributed by atoms with E-state index in [2.05, 4.69) is 21.2 Å². The minimum absolute atomic E-state index is 0.133. The average Bonchev–Trinajstić information content (AvgIpc) is 2.57. The predicted molar refractivity (Wildman–Crippen MR) is 95.3 cm³/mol. The van der Waals surface area contributed by atoms with Gasteiger partial charge in [0, 0.05) is 5.02 Å². The number of halogens is 2. The number of carbonyl (C=O) groups is 1. The summed E-state index contributed by atoms with van der Waals surface area (Å²) in [5, 5.41) is 3.27. The van der Waals surface area contributed by atoms with Crippen LogP contribution in [0, 0.1) is 0 Å². The molecule has 7 heteroatoms. The zero-order valence-electron chi connectivity index (χ0n) is 12.8. The fourth-order valence-electron chi connectivity index (χ4n) is 2.31. The second kappa shape index (κ2) is 7.32. The third-order valence-electron chi connectivity index (χ3n) is 3.36. The molecule has 1 N–H and O–H groups in total. The van der Waals surface area contributed by atoms with E-state index < -0.39 is 6.10 Å². The molecule has 0 aliphatic carbocycles. The molecule has 3 rings (SSSR count). The topological polar surface area (TPSA) is 56.8 Å². The molecule has 1 amide bonds. The number of para-hydroxylation sites is 2. The lowest BCUT2D eigenvalue weighted by Crippen LogP contribution is -2.40. The Kier molecular flexibility index (Phi) is 5.16. The van der Waals surface area contributed by atoms with Gasteiger partial charge in [0.05, 0.1) is 16.8 Å². The smallest absolute Gasteiger partial charge is 0.269 e. The fraction of sp³-hybridized carbons (Fsp3) is 0.235. The highest BCUT2D eigenvalue weighted by Crippen LogP contribution is 2.37. The van der Waals surface area contributed by atoms with Gasteiger partial charge in [-0.05, 0) is 47.1 Å². The van der Waals surface area contributed by atoms with Gasteiger partial charge in [-0.15, -0.1) is 0 Å². The third-order valence-corrected chi connectivity index (χ3v) is 4.16. The summed E-state index contributed by atoms with van der Waals surface area (Å²) in [6.07, 6.45) is -0.757. The Morgan fingerprint density at radius 3 is 2.88 bits per heavy atom. The van der Waals surface area contributed by atoms with Crippen LogP contribution in [0.1, 0.15) is 6.92 Å². The molecule has 24 heavy (non-hydrogen) atoms. The van der Waals surface area contributed by atoms with Crippen LogP contribution in [-0.4, -0.2) is 25.2 Å². The van der Waals surface area contributed by atoms with Crippen LogP contribution in [0.2, 0.25) is 5.02 Å². The van der Waals surface area contributed by atoms with Crippen LogP contribution in [-0.2, 0) is 4.79 Å². The van der Waals surface area contributed by atoms with Gasteiger partial charge in [-0.3, -0.25) is 4.79 Å². The number of hydrogen-bond acceptors (Lipinski definition) is 4. The number of fused-ring (bicyclic) bond motifs is 1. The lowest BCUT2D eigenvalue weighted by molar-refractivity contribution is -0.125. The molecule has 0 radical (unpaired) electrons. The van der Waals surface area contributed by atoms with Crippen molar-refractivity contribution in [1.29, 1.82) is 0 Å². The van der Waals surface area contributed by atoms with Crippen molar-refractivity contribution >= 4 is 39.1 Å². The molecule has 0 aromatic heterocycles. The molecule has 1 aliphatic heterocycles. The van der Waals surface area contributed by atoms with Crippen molar-refractivity contribution in [2.75, 3.05) is 18.5 Å². The van der Waals surface area contributed by atoms with Crippen LogP contribution in [0.4, 0.5) is 5.69 Å². The Morgan fingerprint density at radius 2 is 2.12 bits per heavy atom. The van der Waals surface area contributed by atoms with Crippen molar-refractivity contribution < 1.29 is 19.0 Å². The molecule has 0 bridgehead atoms. The third kappa shape index (κ3) is 3.60. The molecule has 1 heterocycles. The Labute approximate surface area is 153 Å². The van der Waals surface area contributed by atoms with Gasteiger partial charge in [-0.25, -0.2) is 0 Å². The maximum absolute atomic E-state index is 12.5. The number of ether oxygens (including phenoxy) is 3. The normalized spacial score (nSPS) is 15.7. The SMILES string of the molecule is CCOc1c(Br)cc(Cl)cc1NC(=O)[C@@H]1COc2ccccc2O1. The maximum Gasteiger partial charge on any atom is 0.269 e. The summed E-state index contributed by atoms with van der Waals surface area (Å²) in [5.41, 5.74) is 0.476. The lowest BCUT2D eigenvalue weighted by Gasteiger charge is -2.26. The van der Waals surface area contributed by atoms with E-state index in [4.69, 9.17) is 25.8 Å². The van der Waals surface area contributed by atoms with Crippen LogP contribution in [0.3, 0.4) is 0 Å². The monoisotopic (exact) mass is 411 g/mol. The van der Waals surface area contributed by atoms with E-state index in [1.165, 1.54) is 0 Å². The number of hydrogen-bond donors (Lipinski definition) is 1. The summed E-state index contributed by atoms with van der Waals surface area (Å²) in [6, 6.07) is 10.6. The summed E-state index contributed by atoms with van der Waals surface area (Å²) < 4.78 is 17.5. The van der Waals surface area contributed by atoms with Crippen LogP contribution in [0.15, 0.2) is 40.9 Å². The first-order chi connectivity index (χ1) is 11.6. The minimum atomic E-state index is -0.757. The van der Waals surface area contributed by atoms with Crippen LogP contribution in [0.25, 0.3) is 0 Å². The van der Waals surface area contributed by atoms with E-state index in [9.17, 15) is 4.79 Å². The molecule has 0 fully saturated rings. The Hall–Kier alpha value is -1.92. The highest BCUT2D eigenvalue weighted by Gasteiger charge is 2.28. The highest BCUT2D eigenvalue weighted by atomic mass is 79.9. The molecule has 1 aliphatic rings. The van der Waals surface area contributed by atoms with E-state index in [1.807, 2.05) is 19.1 Å². The number of carbonyl (C=O) groups excluding carboxylic acids is 1. The number of benzene rings is 2. The number of nitrogens with one attached hydrogen (secondary N) is 1. The first kappa shape index (κ1) is 16.9. The Balaban J connectivity index is 1.78. The average molecular weight is 413 g/mol. The first-order valence-electron chi connectivity index (χ1n) is 7.39. The van der Waals surface area contributed by atoms with Gasteiger partial charge < -0.3 is 19.5 Å². The van der Waals surface area contributed by atoms with Crippen molar-refractivity contribution in [3.8, 4) is 17.2 Å². The second-order valence-electron chi connectivity index (χ2n) is 5.05. The van der Waals surface area contributed by atoms with Gasteiger partial charge in [0.2, 0.25) is 6.10 Å². The quantitative estimate of drug-likeness (QED) is 0.814. The lowest BCUT2D eigenvalue weighted by atomic mass is 10.2. The molecule has 0 saturated carbocycles. The van der Waals surface area contributed by atoms with Gasteiger partial charge in [0.15, 0.2) is 17.2 Å². The molecule has 0 spiro atoms. The standard InChI is InChI=1S/C17H15BrClNO4/c1-2-22-16-11(18)7-10(19)8-12(16)20-17(21)15-9-23-13-5-3-4-6-14(13)24-15/h3-8,15H,2,9H2,1H3,(H,20,21)/t15-/m0/s1. The molecule has 1 atom stereocenters. The van der Waals surface area contributed by atoms with Gasteiger partial charge >= 0.3 is 0 Å². The minimum Gasteiger partial charge on any atom is -0.491 e.